The molecule has 1 aromatic carbocycles. The average Bonchev–Trinajstić information content (AvgIpc) is 2.72. The fraction of sp³-hybridized carbons (Fsp3) is 0.0833. The highest BCUT2D eigenvalue weighted by Gasteiger charge is 2.14. The van der Waals surface area contributed by atoms with Gasteiger partial charge in [0.15, 0.2) is 0 Å². The molecule has 6 heteroatoms. The molecule has 1 N–H and O–H groups in total. The molecule has 0 aliphatic carbocycles. The highest BCUT2D eigenvalue weighted by molar-refractivity contribution is 9.10. The third-order valence-electron chi connectivity index (χ3n) is 2.33. The Balaban J connectivity index is 2.28. The van der Waals surface area contributed by atoms with Crippen molar-refractivity contribution in [2.45, 2.75) is 6.92 Å². The van der Waals surface area contributed by atoms with Crippen LogP contribution in [0.2, 0.25) is 0 Å². The Labute approximate surface area is 115 Å². The van der Waals surface area contributed by atoms with Gasteiger partial charge in [-0.1, -0.05) is 0 Å². The number of anilines is 1. The first kappa shape index (κ1) is 13.2. The predicted octanol–water partition coefficient (Wildman–Crippen LogP) is 4.35. The molecule has 2 rings (SSSR count). The van der Waals surface area contributed by atoms with Crippen LogP contribution < -0.4 is 5.32 Å². The van der Waals surface area contributed by atoms with Crippen LogP contribution in [0.4, 0.5) is 14.5 Å². The summed E-state index contributed by atoms with van der Waals surface area (Å²) in [6, 6.07) is 3.71. The van der Waals surface area contributed by atoms with E-state index in [4.69, 9.17) is 0 Å². The molecule has 0 saturated heterocycles. The van der Waals surface area contributed by atoms with Crippen molar-refractivity contribution in [2.75, 3.05) is 5.32 Å². The lowest BCUT2D eigenvalue weighted by Gasteiger charge is -2.07. The molecule has 0 aliphatic heterocycles. The number of carbonyl (C=O) groups is 1. The molecule has 1 aromatic heterocycles. The van der Waals surface area contributed by atoms with Crippen molar-refractivity contribution in [3.8, 4) is 0 Å². The number of halogens is 3. The van der Waals surface area contributed by atoms with Crippen molar-refractivity contribution in [3.63, 3.8) is 0 Å². The summed E-state index contributed by atoms with van der Waals surface area (Å²) in [5.74, 6) is -1.76. The van der Waals surface area contributed by atoms with Crippen LogP contribution in [0.25, 0.3) is 0 Å². The first-order chi connectivity index (χ1) is 8.49. The smallest absolute Gasteiger partial charge is 0.266 e. The van der Waals surface area contributed by atoms with Gasteiger partial charge in [0.05, 0.1) is 15.0 Å². The first-order valence-corrected chi connectivity index (χ1v) is 6.66. The van der Waals surface area contributed by atoms with Gasteiger partial charge in [0, 0.05) is 6.07 Å². The lowest BCUT2D eigenvalue weighted by atomic mass is 10.2. The lowest BCUT2D eigenvalue weighted by Crippen LogP contribution is -2.12. The molecule has 94 valence electrons. The van der Waals surface area contributed by atoms with E-state index in [1.165, 1.54) is 11.3 Å². The van der Waals surface area contributed by atoms with E-state index in [1.54, 1.807) is 18.4 Å². The van der Waals surface area contributed by atoms with E-state index in [1.807, 2.05) is 0 Å². The molecule has 0 spiro atoms. The van der Waals surface area contributed by atoms with E-state index in [0.29, 0.717) is 4.88 Å². The number of rotatable bonds is 2. The molecular formula is C12H8BrF2NOS. The largest absolute Gasteiger partial charge is 0.319 e. The van der Waals surface area contributed by atoms with Gasteiger partial charge in [0.1, 0.15) is 11.6 Å². The van der Waals surface area contributed by atoms with E-state index < -0.39 is 17.5 Å². The topological polar surface area (TPSA) is 29.1 Å². The summed E-state index contributed by atoms with van der Waals surface area (Å²) in [4.78, 5) is 12.3. The number of carbonyl (C=O) groups excluding carboxylic acids is 1. The minimum atomic E-state index is -0.689. The summed E-state index contributed by atoms with van der Waals surface area (Å²) in [6.07, 6.45) is 0. The second-order valence-corrected chi connectivity index (χ2v) is 5.40. The maximum Gasteiger partial charge on any atom is 0.266 e. The highest BCUT2D eigenvalue weighted by Crippen LogP contribution is 2.24. The molecular weight excluding hydrogens is 324 g/mol. The van der Waals surface area contributed by atoms with Crippen molar-refractivity contribution < 1.29 is 13.6 Å². The Kier molecular flexibility index (Phi) is 3.77. The molecule has 0 saturated carbocycles. The third-order valence-corrected chi connectivity index (χ3v) is 3.95. The summed E-state index contributed by atoms with van der Waals surface area (Å²) in [6.45, 7) is 1.78. The van der Waals surface area contributed by atoms with Crippen LogP contribution in [0.5, 0.6) is 0 Å². The van der Waals surface area contributed by atoms with Crippen molar-refractivity contribution in [1.82, 2.24) is 0 Å². The molecule has 0 radical (unpaired) electrons. The zero-order valence-electron chi connectivity index (χ0n) is 9.26. The maximum absolute atomic E-state index is 13.5. The van der Waals surface area contributed by atoms with Gasteiger partial charge in [-0.2, -0.15) is 0 Å². The SMILES string of the molecule is Cc1ccsc1C(=O)Nc1cc(F)c(Br)cc1F. The van der Waals surface area contributed by atoms with Crippen molar-refractivity contribution in [1.29, 1.82) is 0 Å². The van der Waals surface area contributed by atoms with Crippen LogP contribution in [-0.2, 0) is 0 Å². The lowest BCUT2D eigenvalue weighted by molar-refractivity contribution is 0.102. The van der Waals surface area contributed by atoms with Gasteiger partial charge in [-0.25, -0.2) is 8.78 Å². The fourth-order valence-corrected chi connectivity index (χ4v) is 2.54. The van der Waals surface area contributed by atoms with Gasteiger partial charge < -0.3 is 5.32 Å². The fourth-order valence-electron chi connectivity index (χ4n) is 1.40. The first-order valence-electron chi connectivity index (χ1n) is 4.99. The number of hydrogen-bond acceptors (Lipinski definition) is 2. The normalized spacial score (nSPS) is 10.4. The molecule has 1 heterocycles. The summed E-state index contributed by atoms with van der Waals surface area (Å²) in [5, 5.41) is 4.12. The standard InChI is InChI=1S/C12H8BrF2NOS/c1-6-2-3-18-11(6)12(17)16-10-5-8(14)7(13)4-9(10)15/h2-5H,1H3,(H,16,17). The monoisotopic (exact) mass is 331 g/mol. The number of thiophene rings is 1. The zero-order valence-corrected chi connectivity index (χ0v) is 11.7. The number of amides is 1. The molecule has 2 nitrogen and oxygen atoms in total. The third kappa shape index (κ3) is 2.59. The molecule has 0 fully saturated rings. The number of nitrogens with one attached hydrogen (secondary N) is 1. The van der Waals surface area contributed by atoms with Crippen LogP contribution >= 0.6 is 27.3 Å². The number of aryl methyl sites for hydroxylation is 1. The Hall–Kier alpha value is -1.27. The van der Waals surface area contributed by atoms with Crippen LogP contribution in [0.3, 0.4) is 0 Å². The van der Waals surface area contributed by atoms with Gasteiger partial charge in [-0.3, -0.25) is 4.79 Å². The summed E-state index contributed by atoms with van der Waals surface area (Å²) < 4.78 is 26.8. The molecule has 0 atom stereocenters. The Morgan fingerprint density at radius 1 is 1.33 bits per heavy atom. The Bertz CT molecular complexity index is 612. The molecule has 18 heavy (non-hydrogen) atoms. The van der Waals surface area contributed by atoms with Crippen LogP contribution in [0.15, 0.2) is 28.1 Å². The van der Waals surface area contributed by atoms with Gasteiger partial charge in [-0.05, 0) is 45.9 Å². The quantitative estimate of drug-likeness (QED) is 0.814. The summed E-state index contributed by atoms with van der Waals surface area (Å²) >= 11 is 4.12. The molecule has 2 aromatic rings. The zero-order chi connectivity index (χ0) is 13.3. The molecule has 0 bridgehead atoms. The minimum absolute atomic E-state index is 0.0188. The molecule has 0 aliphatic rings. The maximum atomic E-state index is 13.5. The van der Waals surface area contributed by atoms with Crippen molar-refractivity contribution >= 4 is 38.9 Å². The van der Waals surface area contributed by atoms with Gasteiger partial charge in [-0.15, -0.1) is 11.3 Å². The van der Waals surface area contributed by atoms with Gasteiger partial charge in [0.25, 0.3) is 5.91 Å². The summed E-state index contributed by atoms with van der Waals surface area (Å²) in [7, 11) is 0. The molecule has 1 amide bonds. The second kappa shape index (κ2) is 5.16. The minimum Gasteiger partial charge on any atom is -0.319 e. The van der Waals surface area contributed by atoms with E-state index >= 15 is 0 Å². The summed E-state index contributed by atoms with van der Waals surface area (Å²) in [5.41, 5.74) is 0.629. The Morgan fingerprint density at radius 3 is 2.67 bits per heavy atom. The van der Waals surface area contributed by atoms with E-state index in [-0.39, 0.29) is 10.2 Å². The van der Waals surface area contributed by atoms with Crippen LogP contribution in [0, 0.1) is 18.6 Å². The van der Waals surface area contributed by atoms with Crippen LogP contribution in [0.1, 0.15) is 15.2 Å². The van der Waals surface area contributed by atoms with Crippen molar-refractivity contribution in [2.24, 2.45) is 0 Å². The number of benzene rings is 1. The second-order valence-electron chi connectivity index (χ2n) is 3.63. The van der Waals surface area contributed by atoms with E-state index in [2.05, 4.69) is 21.2 Å². The Morgan fingerprint density at radius 2 is 2.06 bits per heavy atom. The van der Waals surface area contributed by atoms with Gasteiger partial charge >= 0.3 is 0 Å². The predicted molar refractivity (Wildman–Crippen MR) is 71.1 cm³/mol. The molecule has 0 unspecified atom stereocenters. The van der Waals surface area contributed by atoms with Crippen LogP contribution in [-0.4, -0.2) is 5.91 Å². The van der Waals surface area contributed by atoms with E-state index in [9.17, 15) is 13.6 Å². The average molecular weight is 332 g/mol. The van der Waals surface area contributed by atoms with E-state index in [0.717, 1.165) is 17.7 Å². The highest BCUT2D eigenvalue weighted by atomic mass is 79.9. The number of hydrogen-bond donors (Lipinski definition) is 1. The van der Waals surface area contributed by atoms with Crippen molar-refractivity contribution in [3.05, 3.63) is 50.1 Å². The van der Waals surface area contributed by atoms with Gasteiger partial charge in [0.2, 0.25) is 0 Å².